The van der Waals surface area contributed by atoms with Gasteiger partial charge in [-0.25, -0.2) is 9.97 Å². The van der Waals surface area contributed by atoms with Crippen LogP contribution in [0.5, 0.6) is 0 Å². The third-order valence-corrected chi connectivity index (χ3v) is 5.43. The molecule has 0 saturated heterocycles. The van der Waals surface area contributed by atoms with Crippen LogP contribution in [-0.2, 0) is 0 Å². The molecular formula is C15H25N3S. The van der Waals surface area contributed by atoms with Crippen molar-refractivity contribution in [3.8, 4) is 0 Å². The fourth-order valence-electron chi connectivity index (χ4n) is 2.86. The molecule has 0 bridgehead atoms. The zero-order valence-electron chi connectivity index (χ0n) is 12.4. The number of aromatic nitrogens is 2. The molecule has 0 aromatic carbocycles. The van der Waals surface area contributed by atoms with Crippen LogP contribution in [0.25, 0.3) is 0 Å². The van der Waals surface area contributed by atoms with E-state index in [2.05, 4.69) is 43.1 Å². The first-order valence-corrected chi connectivity index (χ1v) is 7.99. The van der Waals surface area contributed by atoms with Gasteiger partial charge >= 0.3 is 0 Å². The average molecular weight is 279 g/mol. The lowest BCUT2D eigenvalue weighted by molar-refractivity contribution is 0.167. The molecule has 2 rings (SSSR count). The maximum atomic E-state index is 4.35. The summed E-state index contributed by atoms with van der Waals surface area (Å²) in [7, 11) is 2.07. The van der Waals surface area contributed by atoms with Gasteiger partial charge in [0.2, 0.25) is 0 Å². The number of rotatable bonds is 3. The minimum Gasteiger partial charge on any atom is -0.316 e. The number of nitrogens with one attached hydrogen (secondary N) is 1. The Morgan fingerprint density at radius 2 is 1.89 bits per heavy atom. The maximum Gasteiger partial charge on any atom is 0.187 e. The van der Waals surface area contributed by atoms with E-state index >= 15 is 0 Å². The molecule has 0 spiro atoms. The highest BCUT2D eigenvalue weighted by Crippen LogP contribution is 2.42. The van der Waals surface area contributed by atoms with Gasteiger partial charge in [0.25, 0.3) is 0 Å². The number of hydrogen-bond acceptors (Lipinski definition) is 4. The lowest BCUT2D eigenvalue weighted by atomic mass is 9.71. The molecule has 1 fully saturated rings. The fraction of sp³-hybridized carbons (Fsp3) is 0.733. The Hall–Kier alpha value is -0.610. The number of nitrogens with zero attached hydrogens (tertiary/aromatic N) is 2. The first kappa shape index (κ1) is 14.8. The highest BCUT2D eigenvalue weighted by molar-refractivity contribution is 7.99. The first-order valence-electron chi connectivity index (χ1n) is 7.11. The van der Waals surface area contributed by atoms with Crippen molar-refractivity contribution in [2.45, 2.75) is 56.5 Å². The topological polar surface area (TPSA) is 37.8 Å². The van der Waals surface area contributed by atoms with Gasteiger partial charge in [-0.1, -0.05) is 32.5 Å². The van der Waals surface area contributed by atoms with Crippen molar-refractivity contribution in [3.63, 3.8) is 0 Å². The molecule has 1 N–H and O–H groups in total. The van der Waals surface area contributed by atoms with Crippen molar-refractivity contribution in [2.75, 3.05) is 7.05 Å². The Balaban J connectivity index is 2.06. The number of hydrogen-bond donors (Lipinski definition) is 1. The van der Waals surface area contributed by atoms with Crippen LogP contribution in [0, 0.1) is 11.3 Å². The van der Waals surface area contributed by atoms with E-state index in [0.717, 1.165) is 11.1 Å². The molecule has 106 valence electrons. The van der Waals surface area contributed by atoms with Crippen LogP contribution >= 0.6 is 11.8 Å². The molecule has 1 saturated carbocycles. The largest absolute Gasteiger partial charge is 0.316 e. The van der Waals surface area contributed by atoms with E-state index in [1.807, 2.05) is 30.2 Å². The molecule has 19 heavy (non-hydrogen) atoms. The second kappa shape index (κ2) is 6.23. The van der Waals surface area contributed by atoms with Crippen LogP contribution in [-0.4, -0.2) is 28.3 Å². The van der Waals surface area contributed by atoms with Crippen molar-refractivity contribution in [1.82, 2.24) is 15.3 Å². The highest BCUT2D eigenvalue weighted by Gasteiger charge is 2.36. The van der Waals surface area contributed by atoms with E-state index in [9.17, 15) is 0 Å². The predicted molar refractivity (Wildman–Crippen MR) is 81.3 cm³/mol. The lowest BCUT2D eigenvalue weighted by Gasteiger charge is -2.41. The molecule has 0 amide bonds. The van der Waals surface area contributed by atoms with Crippen LogP contribution in [0.4, 0.5) is 0 Å². The minimum atomic E-state index is 0.398. The van der Waals surface area contributed by atoms with E-state index in [1.165, 1.54) is 19.3 Å². The van der Waals surface area contributed by atoms with Gasteiger partial charge in [0.05, 0.1) is 0 Å². The maximum absolute atomic E-state index is 4.35. The molecule has 3 atom stereocenters. The van der Waals surface area contributed by atoms with Gasteiger partial charge < -0.3 is 5.32 Å². The van der Waals surface area contributed by atoms with Crippen molar-refractivity contribution in [2.24, 2.45) is 11.3 Å². The molecule has 4 heteroatoms. The summed E-state index contributed by atoms with van der Waals surface area (Å²) in [6.07, 6.45) is 7.48. The molecule has 1 aliphatic carbocycles. The smallest absolute Gasteiger partial charge is 0.187 e. The monoisotopic (exact) mass is 279 g/mol. The molecular weight excluding hydrogens is 254 g/mol. The third kappa shape index (κ3) is 3.93. The summed E-state index contributed by atoms with van der Waals surface area (Å²) in [5.74, 6) is 0.790. The van der Waals surface area contributed by atoms with Crippen molar-refractivity contribution < 1.29 is 0 Å². The summed E-state index contributed by atoms with van der Waals surface area (Å²) >= 11 is 1.83. The van der Waals surface area contributed by atoms with E-state index in [0.29, 0.717) is 16.7 Å². The highest BCUT2D eigenvalue weighted by atomic mass is 32.2. The van der Waals surface area contributed by atoms with Gasteiger partial charge in [-0.05, 0) is 43.7 Å². The first-order chi connectivity index (χ1) is 9.00. The zero-order valence-corrected chi connectivity index (χ0v) is 13.2. The van der Waals surface area contributed by atoms with Crippen molar-refractivity contribution in [3.05, 3.63) is 18.5 Å². The van der Waals surface area contributed by atoms with Crippen molar-refractivity contribution in [1.29, 1.82) is 0 Å². The Morgan fingerprint density at radius 1 is 1.21 bits per heavy atom. The van der Waals surface area contributed by atoms with Gasteiger partial charge in [0, 0.05) is 23.7 Å². The lowest BCUT2D eigenvalue weighted by Crippen LogP contribution is -2.43. The second-order valence-electron chi connectivity index (χ2n) is 6.46. The van der Waals surface area contributed by atoms with Crippen LogP contribution in [0.3, 0.4) is 0 Å². The fourth-order valence-corrected chi connectivity index (χ4v) is 4.14. The summed E-state index contributed by atoms with van der Waals surface area (Å²) in [4.78, 5) is 8.71. The standard InChI is InChI=1S/C15H25N3S/c1-15(2,3)11-6-7-12(16-4)13(10-11)19-14-17-8-5-9-18-14/h5,8-9,11-13,16H,6-7,10H2,1-4H3. The molecule has 3 nitrogen and oxygen atoms in total. The zero-order chi connectivity index (χ0) is 13.9. The Morgan fingerprint density at radius 3 is 2.47 bits per heavy atom. The van der Waals surface area contributed by atoms with E-state index in [-0.39, 0.29) is 0 Å². The van der Waals surface area contributed by atoms with Crippen LogP contribution in [0.1, 0.15) is 40.0 Å². The van der Waals surface area contributed by atoms with Gasteiger partial charge in [0.1, 0.15) is 0 Å². The second-order valence-corrected chi connectivity index (χ2v) is 7.67. The van der Waals surface area contributed by atoms with Crippen LogP contribution < -0.4 is 5.32 Å². The summed E-state index contributed by atoms with van der Waals surface area (Å²) < 4.78 is 0. The molecule has 3 unspecified atom stereocenters. The molecule has 0 aliphatic heterocycles. The summed E-state index contributed by atoms with van der Waals surface area (Å²) in [5.41, 5.74) is 0.398. The Bertz CT molecular complexity index is 388. The molecule has 1 aliphatic rings. The van der Waals surface area contributed by atoms with Crippen LogP contribution in [0.15, 0.2) is 23.6 Å². The molecule has 1 heterocycles. The normalized spacial score (nSPS) is 28.3. The van der Waals surface area contributed by atoms with Gasteiger partial charge in [0.15, 0.2) is 5.16 Å². The van der Waals surface area contributed by atoms with Crippen LogP contribution in [0.2, 0.25) is 0 Å². The third-order valence-electron chi connectivity index (χ3n) is 4.19. The molecule has 0 radical (unpaired) electrons. The van der Waals surface area contributed by atoms with E-state index < -0.39 is 0 Å². The number of thioether (sulfide) groups is 1. The van der Waals surface area contributed by atoms with Gasteiger partial charge in [-0.2, -0.15) is 0 Å². The Kier molecular flexibility index (Phi) is 4.85. The van der Waals surface area contributed by atoms with E-state index in [1.54, 1.807) is 0 Å². The van der Waals surface area contributed by atoms with Gasteiger partial charge in [-0.15, -0.1) is 0 Å². The minimum absolute atomic E-state index is 0.398. The molecule has 1 aromatic rings. The predicted octanol–water partition coefficient (Wildman–Crippen LogP) is 3.37. The van der Waals surface area contributed by atoms with E-state index in [4.69, 9.17) is 0 Å². The SMILES string of the molecule is CNC1CCC(C(C)(C)C)CC1Sc1ncccn1. The van der Waals surface area contributed by atoms with Crippen molar-refractivity contribution >= 4 is 11.8 Å². The Labute approximate surface area is 121 Å². The average Bonchev–Trinajstić information content (AvgIpc) is 2.39. The van der Waals surface area contributed by atoms with Gasteiger partial charge in [-0.3, -0.25) is 0 Å². The summed E-state index contributed by atoms with van der Waals surface area (Å²) in [6.45, 7) is 7.08. The molecule has 1 aromatic heterocycles. The quantitative estimate of drug-likeness (QED) is 0.861. The summed E-state index contributed by atoms with van der Waals surface area (Å²) in [6, 6.07) is 2.45. The summed E-state index contributed by atoms with van der Waals surface area (Å²) in [5, 5.41) is 4.95.